The van der Waals surface area contributed by atoms with Gasteiger partial charge in [0.05, 0.1) is 34.3 Å². The average Bonchev–Trinajstić information content (AvgIpc) is 2.99. The molecule has 4 N–H and O–H groups in total. The second-order valence-electron chi connectivity index (χ2n) is 7.12. The van der Waals surface area contributed by atoms with E-state index < -0.39 is 11.9 Å². The van der Waals surface area contributed by atoms with Crippen molar-refractivity contribution in [2.45, 2.75) is 33.2 Å². The van der Waals surface area contributed by atoms with Gasteiger partial charge in [0.25, 0.3) is 5.91 Å². The molecule has 1 aliphatic heterocycles. The summed E-state index contributed by atoms with van der Waals surface area (Å²) in [7, 11) is 1.39. The van der Waals surface area contributed by atoms with E-state index in [0.717, 1.165) is 11.6 Å². The Morgan fingerprint density at radius 3 is 2.41 bits per heavy atom. The van der Waals surface area contributed by atoms with Crippen molar-refractivity contribution in [2.75, 3.05) is 7.11 Å². The fourth-order valence-electron chi connectivity index (χ4n) is 3.54. The van der Waals surface area contributed by atoms with Crippen LogP contribution in [0, 0.1) is 6.92 Å². The van der Waals surface area contributed by atoms with E-state index in [1.807, 2.05) is 19.9 Å². The van der Waals surface area contributed by atoms with Crippen LogP contribution in [0.3, 0.4) is 0 Å². The summed E-state index contributed by atoms with van der Waals surface area (Å²) in [5.74, 6) is -1.21. The number of phenolic OH excluding ortho intramolecular Hbond substituents is 3. The van der Waals surface area contributed by atoms with Gasteiger partial charge in [0, 0.05) is 17.2 Å². The van der Waals surface area contributed by atoms with Crippen molar-refractivity contribution in [3.05, 3.63) is 55.6 Å². The van der Waals surface area contributed by atoms with Crippen LogP contribution < -0.4 is 10.1 Å². The van der Waals surface area contributed by atoms with Gasteiger partial charge in [-0.3, -0.25) is 4.79 Å². The van der Waals surface area contributed by atoms with Crippen LogP contribution in [0.15, 0.2) is 17.7 Å². The Morgan fingerprint density at radius 2 is 1.83 bits per heavy atom. The van der Waals surface area contributed by atoms with Crippen LogP contribution in [0.2, 0.25) is 10.0 Å². The van der Waals surface area contributed by atoms with E-state index in [0.29, 0.717) is 23.1 Å². The zero-order valence-corrected chi connectivity index (χ0v) is 17.9. The summed E-state index contributed by atoms with van der Waals surface area (Å²) in [4.78, 5) is 12.7. The van der Waals surface area contributed by atoms with Crippen molar-refractivity contribution >= 4 is 29.1 Å². The maximum atomic E-state index is 12.7. The van der Waals surface area contributed by atoms with Gasteiger partial charge < -0.3 is 25.4 Å². The minimum absolute atomic E-state index is 0.0271. The minimum Gasteiger partial charge on any atom is -0.508 e. The van der Waals surface area contributed by atoms with Crippen molar-refractivity contribution in [2.24, 2.45) is 0 Å². The number of methoxy groups -OCH3 is 1. The molecule has 2 aromatic carbocycles. The highest BCUT2D eigenvalue weighted by Crippen LogP contribution is 2.51. The molecular weight excluding hydrogens is 417 g/mol. The van der Waals surface area contributed by atoms with Gasteiger partial charge in [0.1, 0.15) is 23.0 Å². The van der Waals surface area contributed by atoms with E-state index in [2.05, 4.69) is 5.32 Å². The lowest BCUT2D eigenvalue weighted by Crippen LogP contribution is -2.21. The van der Waals surface area contributed by atoms with Crippen molar-refractivity contribution in [1.29, 1.82) is 0 Å². The number of carbonyl (C=O) groups is 1. The number of ether oxygens (including phenoxy) is 1. The fourth-order valence-corrected chi connectivity index (χ4v) is 4.06. The number of fused-ring (bicyclic) bond motifs is 1. The maximum Gasteiger partial charge on any atom is 0.256 e. The van der Waals surface area contributed by atoms with Gasteiger partial charge in [-0.25, -0.2) is 0 Å². The van der Waals surface area contributed by atoms with E-state index in [9.17, 15) is 20.1 Å². The first kappa shape index (κ1) is 21.1. The van der Waals surface area contributed by atoms with Crippen LogP contribution in [-0.4, -0.2) is 28.3 Å². The van der Waals surface area contributed by atoms with Crippen LogP contribution in [0.1, 0.15) is 52.5 Å². The molecule has 1 atom stereocenters. The summed E-state index contributed by atoms with van der Waals surface area (Å²) < 4.78 is 5.42. The quantitative estimate of drug-likeness (QED) is 0.516. The number of aromatic hydroxyl groups is 3. The molecule has 0 aliphatic carbocycles. The van der Waals surface area contributed by atoms with E-state index in [-0.39, 0.29) is 44.2 Å². The van der Waals surface area contributed by atoms with Gasteiger partial charge >= 0.3 is 0 Å². The predicted molar refractivity (Wildman–Crippen MR) is 112 cm³/mol. The molecule has 1 amide bonds. The second kappa shape index (κ2) is 7.69. The van der Waals surface area contributed by atoms with Crippen LogP contribution in [0.4, 0.5) is 0 Å². The molecule has 154 valence electrons. The summed E-state index contributed by atoms with van der Waals surface area (Å²) in [5, 5.41) is 34.5. The topological polar surface area (TPSA) is 99.0 Å². The maximum absolute atomic E-state index is 12.7. The molecule has 0 unspecified atom stereocenters. The molecule has 29 heavy (non-hydrogen) atoms. The van der Waals surface area contributed by atoms with Gasteiger partial charge in [-0.05, 0) is 32.8 Å². The number of amides is 1. The molecule has 0 fully saturated rings. The summed E-state index contributed by atoms with van der Waals surface area (Å²) >= 11 is 12.6. The molecule has 0 bridgehead atoms. The monoisotopic (exact) mass is 437 g/mol. The van der Waals surface area contributed by atoms with Gasteiger partial charge in [-0.15, -0.1) is 0 Å². The molecule has 2 aromatic rings. The molecule has 0 saturated carbocycles. The molecule has 0 aromatic heterocycles. The number of rotatable bonds is 4. The molecule has 0 radical (unpaired) electrons. The average molecular weight is 438 g/mol. The van der Waals surface area contributed by atoms with Crippen LogP contribution in [-0.2, 0) is 6.42 Å². The Hall–Kier alpha value is -2.57. The Labute approximate surface area is 178 Å². The number of allylic oxidation sites excluding steroid dienone is 2. The Bertz CT molecular complexity index is 1060. The number of hydrogen-bond donors (Lipinski definition) is 4. The normalized spacial score (nSPS) is 15.1. The first-order valence-corrected chi connectivity index (χ1v) is 9.62. The third-order valence-electron chi connectivity index (χ3n) is 5.00. The Kier molecular flexibility index (Phi) is 5.61. The number of halogens is 2. The van der Waals surface area contributed by atoms with E-state index in [4.69, 9.17) is 27.9 Å². The standard InChI is InChI=1S/C21H21Cl2NO5/c1-8(2)5-6-10-11(25)7-12(26)14-13(10)18(24-21(14)28)15-19(27)16(22)9(3)17(23)20(15)29-4/h5,7,18,25-27H,6H2,1-4H3,(H,24,28)/t18-/m1/s1. The van der Waals surface area contributed by atoms with E-state index >= 15 is 0 Å². The third-order valence-corrected chi connectivity index (χ3v) is 5.91. The first-order chi connectivity index (χ1) is 13.6. The van der Waals surface area contributed by atoms with Gasteiger partial charge in [0.15, 0.2) is 0 Å². The predicted octanol–water partition coefficient (Wildman–Crippen LogP) is 4.77. The molecule has 0 spiro atoms. The number of benzene rings is 2. The molecule has 6 nitrogen and oxygen atoms in total. The minimum atomic E-state index is -0.929. The van der Waals surface area contributed by atoms with Crippen molar-refractivity contribution < 1.29 is 24.9 Å². The van der Waals surface area contributed by atoms with Crippen LogP contribution in [0.5, 0.6) is 23.0 Å². The molecular formula is C21H21Cl2NO5. The number of carbonyl (C=O) groups excluding carboxylic acids is 1. The fraction of sp³-hybridized carbons (Fsp3) is 0.286. The lowest BCUT2D eigenvalue weighted by Gasteiger charge is -2.22. The molecule has 1 heterocycles. The van der Waals surface area contributed by atoms with Gasteiger partial charge in [-0.1, -0.05) is 34.9 Å². The highest BCUT2D eigenvalue weighted by molar-refractivity contribution is 6.38. The lowest BCUT2D eigenvalue weighted by molar-refractivity contribution is 0.0958. The van der Waals surface area contributed by atoms with Gasteiger partial charge in [-0.2, -0.15) is 0 Å². The van der Waals surface area contributed by atoms with Crippen LogP contribution >= 0.6 is 23.2 Å². The zero-order chi connectivity index (χ0) is 21.6. The smallest absolute Gasteiger partial charge is 0.256 e. The van der Waals surface area contributed by atoms with Crippen molar-refractivity contribution in [3.63, 3.8) is 0 Å². The first-order valence-electron chi connectivity index (χ1n) is 8.86. The summed E-state index contributed by atoms with van der Waals surface area (Å²) in [6.07, 6.45) is 2.21. The van der Waals surface area contributed by atoms with E-state index in [1.54, 1.807) is 6.92 Å². The van der Waals surface area contributed by atoms with Crippen LogP contribution in [0.25, 0.3) is 0 Å². The summed E-state index contributed by atoms with van der Waals surface area (Å²) in [6.45, 7) is 5.45. The zero-order valence-electron chi connectivity index (χ0n) is 16.4. The largest absolute Gasteiger partial charge is 0.508 e. The lowest BCUT2D eigenvalue weighted by atomic mass is 9.89. The van der Waals surface area contributed by atoms with Crippen molar-refractivity contribution in [3.8, 4) is 23.0 Å². The highest BCUT2D eigenvalue weighted by atomic mass is 35.5. The molecule has 1 aliphatic rings. The van der Waals surface area contributed by atoms with Gasteiger partial charge in [0.2, 0.25) is 0 Å². The molecule has 8 heteroatoms. The number of phenols is 3. The van der Waals surface area contributed by atoms with Crippen molar-refractivity contribution in [1.82, 2.24) is 5.32 Å². The Morgan fingerprint density at radius 1 is 1.17 bits per heavy atom. The highest BCUT2D eigenvalue weighted by Gasteiger charge is 2.40. The second-order valence-corrected chi connectivity index (χ2v) is 7.88. The third kappa shape index (κ3) is 3.36. The number of nitrogens with one attached hydrogen (secondary N) is 1. The Balaban J connectivity index is 2.37. The van der Waals surface area contributed by atoms with E-state index in [1.165, 1.54) is 7.11 Å². The molecule has 3 rings (SSSR count). The number of hydrogen-bond acceptors (Lipinski definition) is 5. The molecule has 0 saturated heterocycles. The SMILES string of the molecule is COc1c(Cl)c(C)c(Cl)c(O)c1[C@@H]1NC(=O)c2c(O)cc(O)c(CC=C(C)C)c21. The summed E-state index contributed by atoms with van der Waals surface area (Å²) in [5.41, 5.74) is 2.41. The summed E-state index contributed by atoms with van der Waals surface area (Å²) in [6, 6.07) is 0.211.